The Hall–Kier alpha value is -0.610. The third kappa shape index (κ3) is 13.1. The Balaban J connectivity index is 0. The van der Waals surface area contributed by atoms with Gasteiger partial charge in [0.25, 0.3) is 0 Å². The van der Waals surface area contributed by atoms with Gasteiger partial charge in [0.05, 0.1) is 6.61 Å². The minimum absolute atomic E-state index is 0.0258. The van der Waals surface area contributed by atoms with Crippen LogP contribution >= 0.6 is 0 Å². The second-order valence-corrected chi connectivity index (χ2v) is 5.06. The van der Waals surface area contributed by atoms with E-state index in [0.29, 0.717) is 0 Å². The largest absolute Gasteiger partial charge is 0.394 e. The Morgan fingerprint density at radius 3 is 1.50 bits per heavy atom. The fourth-order valence-corrected chi connectivity index (χ4v) is 1.61. The number of aliphatic hydroxyl groups is 5. The summed E-state index contributed by atoms with van der Waals surface area (Å²) in [4.78, 5) is 9.90. The number of rotatable bonds is 12. The Bertz CT molecular complexity index is 237. The van der Waals surface area contributed by atoms with Gasteiger partial charge < -0.3 is 41.8 Å². The van der Waals surface area contributed by atoms with Crippen molar-refractivity contribution >= 4 is 6.29 Å². The van der Waals surface area contributed by atoms with Crippen molar-refractivity contribution in [1.82, 2.24) is 0 Å². The van der Waals surface area contributed by atoms with Crippen LogP contribution in [0.5, 0.6) is 0 Å². The molecule has 9 N–H and O–H groups in total. The van der Waals surface area contributed by atoms with E-state index in [9.17, 15) is 4.79 Å². The molecule has 0 aliphatic carbocycles. The standard InChI is InChI=1S/C8H20N2.C6H12O6/c9-7-5-3-1-2-4-6-8-10;7-1-3(9)5(11)6(12)4(10)2-8/h1-10H2;1,3-6,8-12H,2H2/t;3-,4+,5+,6+/m.0/s1. The van der Waals surface area contributed by atoms with Gasteiger partial charge in [-0.05, 0) is 25.9 Å². The van der Waals surface area contributed by atoms with Gasteiger partial charge in [-0.25, -0.2) is 0 Å². The number of hydrogen-bond donors (Lipinski definition) is 7. The minimum atomic E-state index is -1.79. The first-order valence-corrected chi connectivity index (χ1v) is 7.64. The van der Waals surface area contributed by atoms with Crippen LogP contribution in [0.25, 0.3) is 0 Å². The molecule has 0 aliphatic heterocycles. The average Bonchev–Trinajstić information content (AvgIpc) is 2.55. The molecule has 4 atom stereocenters. The molecule has 0 saturated carbocycles. The van der Waals surface area contributed by atoms with E-state index in [4.69, 9.17) is 37.0 Å². The highest BCUT2D eigenvalue weighted by Gasteiger charge is 2.29. The van der Waals surface area contributed by atoms with Crippen LogP contribution in [-0.4, -0.2) is 75.9 Å². The summed E-state index contributed by atoms with van der Waals surface area (Å²) in [7, 11) is 0. The van der Waals surface area contributed by atoms with Crippen molar-refractivity contribution in [1.29, 1.82) is 0 Å². The maximum atomic E-state index is 9.90. The number of nitrogens with two attached hydrogens (primary N) is 2. The average molecular weight is 324 g/mol. The zero-order valence-corrected chi connectivity index (χ0v) is 13.0. The van der Waals surface area contributed by atoms with Crippen LogP contribution in [0.4, 0.5) is 0 Å². The molecule has 0 unspecified atom stereocenters. The first-order valence-electron chi connectivity index (χ1n) is 7.64. The van der Waals surface area contributed by atoms with Crippen LogP contribution in [0.1, 0.15) is 38.5 Å². The molecule has 0 radical (unpaired) electrons. The predicted molar refractivity (Wildman–Crippen MR) is 83.0 cm³/mol. The highest BCUT2D eigenvalue weighted by molar-refractivity contribution is 5.56. The molecule has 0 aromatic carbocycles. The number of carbonyl (C=O) groups is 1. The first-order chi connectivity index (χ1) is 10.5. The van der Waals surface area contributed by atoms with E-state index < -0.39 is 31.0 Å². The minimum Gasteiger partial charge on any atom is -0.394 e. The molecular weight excluding hydrogens is 292 g/mol. The summed E-state index contributed by atoms with van der Waals surface area (Å²) in [6, 6.07) is 0. The lowest BCUT2D eigenvalue weighted by Crippen LogP contribution is -2.46. The highest BCUT2D eigenvalue weighted by Crippen LogP contribution is 2.03. The molecule has 0 heterocycles. The summed E-state index contributed by atoms with van der Waals surface area (Å²) in [6.45, 7) is 0.928. The van der Waals surface area contributed by atoms with E-state index in [2.05, 4.69) is 0 Å². The zero-order chi connectivity index (χ0) is 17.4. The Morgan fingerprint density at radius 2 is 1.18 bits per heavy atom. The molecule has 0 aromatic rings. The van der Waals surface area contributed by atoms with Crippen LogP contribution < -0.4 is 11.5 Å². The first kappa shape index (κ1) is 23.7. The lowest BCUT2D eigenvalue weighted by molar-refractivity contribution is -0.136. The van der Waals surface area contributed by atoms with E-state index in [-0.39, 0.29) is 6.29 Å². The predicted octanol–water partition coefficient (Wildman–Crippen LogP) is -2.13. The molecule has 22 heavy (non-hydrogen) atoms. The van der Waals surface area contributed by atoms with Crippen molar-refractivity contribution in [2.45, 2.75) is 62.9 Å². The second-order valence-electron chi connectivity index (χ2n) is 5.06. The van der Waals surface area contributed by atoms with Crippen LogP contribution in [0, 0.1) is 0 Å². The van der Waals surface area contributed by atoms with Crippen molar-refractivity contribution in [3.63, 3.8) is 0 Å². The molecule has 0 aromatic heterocycles. The van der Waals surface area contributed by atoms with Gasteiger partial charge in [0.2, 0.25) is 0 Å². The Labute approximate surface area is 131 Å². The van der Waals surface area contributed by atoms with Crippen LogP contribution in [-0.2, 0) is 4.79 Å². The van der Waals surface area contributed by atoms with Crippen LogP contribution in [0.3, 0.4) is 0 Å². The molecule has 8 heteroatoms. The molecule has 0 spiro atoms. The van der Waals surface area contributed by atoms with Crippen LogP contribution in [0.15, 0.2) is 0 Å². The van der Waals surface area contributed by atoms with Crippen molar-refractivity contribution in [2.75, 3.05) is 19.7 Å². The maximum Gasteiger partial charge on any atom is 0.151 e. The highest BCUT2D eigenvalue weighted by atomic mass is 16.4. The van der Waals surface area contributed by atoms with Gasteiger partial charge in [0.15, 0.2) is 6.29 Å². The summed E-state index contributed by atoms with van der Waals surface area (Å²) >= 11 is 0. The van der Waals surface area contributed by atoms with Gasteiger partial charge in [-0.15, -0.1) is 0 Å². The number of aliphatic hydroxyl groups excluding tert-OH is 5. The van der Waals surface area contributed by atoms with Crippen LogP contribution in [0.2, 0.25) is 0 Å². The summed E-state index contributed by atoms with van der Waals surface area (Å²) in [5.74, 6) is 0. The monoisotopic (exact) mass is 324 g/mol. The zero-order valence-electron chi connectivity index (χ0n) is 13.0. The quantitative estimate of drug-likeness (QED) is 0.157. The Kier molecular flexibility index (Phi) is 18.0. The molecule has 134 valence electrons. The number of carbonyl (C=O) groups excluding carboxylic acids is 1. The fraction of sp³-hybridized carbons (Fsp3) is 0.929. The number of unbranched alkanes of at least 4 members (excludes halogenated alkanes) is 5. The van der Waals surface area contributed by atoms with Gasteiger partial charge >= 0.3 is 0 Å². The van der Waals surface area contributed by atoms with E-state index in [1.54, 1.807) is 0 Å². The molecule has 8 nitrogen and oxygen atoms in total. The summed E-state index contributed by atoms with van der Waals surface area (Å²) in [5, 5.41) is 43.5. The molecule has 0 saturated heterocycles. The normalized spacial score (nSPS) is 16.1. The third-order valence-electron chi connectivity index (χ3n) is 3.08. The van der Waals surface area contributed by atoms with Crippen molar-refractivity contribution < 1.29 is 30.3 Å². The SMILES string of the molecule is NCCCCCCCCN.O=C[C@H](O)[C@@H](O)[C@H](O)[C@H](O)CO. The van der Waals surface area contributed by atoms with E-state index in [0.717, 1.165) is 13.1 Å². The topological polar surface area (TPSA) is 170 Å². The Morgan fingerprint density at radius 1 is 0.773 bits per heavy atom. The summed E-state index contributed by atoms with van der Waals surface area (Å²) in [6.07, 6.45) is 0.774. The van der Waals surface area contributed by atoms with Gasteiger partial charge in [-0.2, -0.15) is 0 Å². The molecule has 0 rings (SSSR count). The smallest absolute Gasteiger partial charge is 0.151 e. The van der Waals surface area contributed by atoms with E-state index in [1.165, 1.54) is 38.5 Å². The molecular formula is C14H32N2O6. The lowest BCUT2D eigenvalue weighted by atomic mass is 10.0. The van der Waals surface area contributed by atoms with Crippen molar-refractivity contribution in [3.8, 4) is 0 Å². The second kappa shape index (κ2) is 16.8. The van der Waals surface area contributed by atoms with Gasteiger partial charge in [0.1, 0.15) is 24.4 Å². The van der Waals surface area contributed by atoms with Gasteiger partial charge in [0, 0.05) is 0 Å². The third-order valence-corrected chi connectivity index (χ3v) is 3.08. The van der Waals surface area contributed by atoms with E-state index in [1.807, 2.05) is 0 Å². The van der Waals surface area contributed by atoms with E-state index >= 15 is 0 Å². The van der Waals surface area contributed by atoms with Crippen molar-refractivity contribution in [2.24, 2.45) is 11.5 Å². The molecule has 0 bridgehead atoms. The fourth-order valence-electron chi connectivity index (χ4n) is 1.61. The number of aldehydes is 1. The summed E-state index contributed by atoms with van der Waals surface area (Å²) < 4.78 is 0. The molecule has 0 amide bonds. The van der Waals surface area contributed by atoms with Crippen molar-refractivity contribution in [3.05, 3.63) is 0 Å². The summed E-state index contributed by atoms with van der Waals surface area (Å²) in [5.41, 5.74) is 10.7. The van der Waals surface area contributed by atoms with Gasteiger partial charge in [-0.1, -0.05) is 25.7 Å². The molecule has 0 aliphatic rings. The molecule has 0 fully saturated rings. The number of hydrogen-bond acceptors (Lipinski definition) is 8. The lowest BCUT2D eigenvalue weighted by Gasteiger charge is -2.22. The van der Waals surface area contributed by atoms with Gasteiger partial charge in [-0.3, -0.25) is 0 Å². The maximum absolute atomic E-state index is 9.90.